The van der Waals surface area contributed by atoms with Crippen molar-refractivity contribution in [2.75, 3.05) is 11.8 Å². The van der Waals surface area contributed by atoms with Gasteiger partial charge in [-0.15, -0.1) is 23.2 Å². The van der Waals surface area contributed by atoms with Gasteiger partial charge in [-0.25, -0.2) is 0 Å². The number of fused-ring (bicyclic) bond motifs is 4. The third-order valence-electron chi connectivity index (χ3n) is 18.3. The minimum atomic E-state index is -4.11. The van der Waals surface area contributed by atoms with Gasteiger partial charge in [-0.05, 0) is 51.6 Å². The number of hydrogen-bond donors (Lipinski definition) is 4. The molecular weight excluding hydrogens is 1240 g/mol. The van der Waals surface area contributed by atoms with Crippen LogP contribution in [-0.4, -0.2) is 122 Å². The van der Waals surface area contributed by atoms with E-state index in [0.717, 1.165) is 109 Å². The molecule has 4 N–H and O–H groups in total. The van der Waals surface area contributed by atoms with Gasteiger partial charge in [0.1, 0.15) is 24.4 Å². The number of hydrogen-bond acceptors (Lipinski definition) is 13. The number of unbranched alkanes of at least 4 members (excludes halogenated alkanes) is 40. The molecule has 4 bridgehead atoms. The van der Waals surface area contributed by atoms with Crippen LogP contribution in [0.2, 0.25) is 36.3 Å². The summed E-state index contributed by atoms with van der Waals surface area (Å²) in [6, 6.07) is 2.46. The van der Waals surface area contributed by atoms with E-state index in [0.29, 0.717) is 54.8 Å². The normalized spacial score (nSPS) is 27.7. The van der Waals surface area contributed by atoms with E-state index in [2.05, 4.69) is 27.7 Å². The molecule has 87 heavy (non-hydrogen) atoms. The first-order valence-electron chi connectivity index (χ1n) is 37.3. The zero-order valence-corrected chi connectivity index (χ0v) is 64.8. The van der Waals surface area contributed by atoms with Gasteiger partial charge in [-0.1, -0.05) is 297 Å². The van der Waals surface area contributed by atoms with Gasteiger partial charge in [-0.3, -0.25) is 0 Å². The first kappa shape index (κ1) is 82.6. The van der Waals surface area contributed by atoms with E-state index < -0.39 is 90.4 Å². The van der Waals surface area contributed by atoms with Crippen molar-refractivity contribution in [3.63, 3.8) is 0 Å². The molecule has 0 aromatic heterocycles. The first-order chi connectivity index (χ1) is 42.3. The van der Waals surface area contributed by atoms with Gasteiger partial charge in [-0.2, -0.15) is 0 Å². The van der Waals surface area contributed by atoms with Gasteiger partial charge in [0.15, 0.2) is 0 Å². The van der Waals surface area contributed by atoms with Gasteiger partial charge < -0.3 is 58.1 Å². The van der Waals surface area contributed by atoms with Crippen LogP contribution < -0.4 is 0 Å². The largest absolute Gasteiger partial charge is 0.491 e. The summed E-state index contributed by atoms with van der Waals surface area (Å²) in [4.78, 5) is 25.0. The smallest absolute Gasteiger partial charge is 0.413 e. The first-order valence-corrected chi connectivity index (χ1v) is 49.7. The fourth-order valence-corrected chi connectivity index (χ4v) is 38.1. The Labute approximate surface area is 553 Å². The maximum absolute atomic E-state index is 13.2. The number of aliphatic hydroxyl groups is 2. The van der Waals surface area contributed by atoms with E-state index >= 15 is 0 Å². The van der Waals surface area contributed by atoms with Crippen molar-refractivity contribution in [3.05, 3.63) is 0 Å². The summed E-state index contributed by atoms with van der Waals surface area (Å²) in [5, 5.41) is 25.2. The van der Waals surface area contributed by atoms with E-state index in [1.54, 1.807) is 6.92 Å². The molecule has 0 radical (unpaired) electrons. The van der Waals surface area contributed by atoms with E-state index in [-0.39, 0.29) is 6.04 Å². The number of alkyl halides is 2. The lowest BCUT2D eigenvalue weighted by molar-refractivity contribution is -0.138. The molecule has 3 fully saturated rings. The Morgan fingerprint density at radius 2 is 0.805 bits per heavy atom. The molecule has 3 rings (SSSR count). The molecule has 0 aliphatic carbocycles. The lowest BCUT2D eigenvalue weighted by Crippen LogP contribution is -2.65. The van der Waals surface area contributed by atoms with Crippen LogP contribution in [0.4, 0.5) is 0 Å². The molecule has 12 atom stereocenters. The Bertz CT molecular complexity index is 1600. The molecule has 0 spiro atoms. The van der Waals surface area contributed by atoms with Crippen molar-refractivity contribution in [3.8, 4) is 0 Å². The van der Waals surface area contributed by atoms with Crippen LogP contribution >= 0.6 is 23.2 Å². The summed E-state index contributed by atoms with van der Waals surface area (Å²) in [5.41, 5.74) is 0. The average molecular weight is 1380 g/mol. The van der Waals surface area contributed by atoms with E-state index in [1.165, 1.54) is 173 Å². The Morgan fingerprint density at radius 1 is 0.448 bits per heavy atom. The lowest BCUT2D eigenvalue weighted by Gasteiger charge is -2.44. The highest BCUT2D eigenvalue weighted by atomic mass is 35.5. The van der Waals surface area contributed by atoms with Crippen LogP contribution in [0.3, 0.4) is 0 Å². The van der Waals surface area contributed by atoms with Crippen LogP contribution in [0.1, 0.15) is 337 Å². The molecule has 3 aliphatic rings. The SMILES string of the molecule is CCCCCCCCCCCCCCCCCC[SiH](O)O[Si]1(CCCCl)OC(C(C)O)C2O[Si](CCCCCCCC)(O[SiH](CCCCCCCCCCCCCCCCCC)O[Si]3(CCCCl)OC(C(C)O[Si](O)(CCCCCCCC)O3)C2O)O1. The third kappa shape index (κ3) is 36.3. The number of halogens is 2. The summed E-state index contributed by atoms with van der Waals surface area (Å²) in [7, 11) is -22.2. The summed E-state index contributed by atoms with van der Waals surface area (Å²) < 4.78 is 65.6. The van der Waals surface area contributed by atoms with Crippen molar-refractivity contribution >= 4 is 77.0 Å². The minimum absolute atomic E-state index is 0.282. The van der Waals surface area contributed by atoms with Gasteiger partial charge in [0.05, 0.1) is 12.2 Å². The summed E-state index contributed by atoms with van der Waals surface area (Å²) >= 11 is 13.1. The topological polar surface area (TPSA) is 164 Å². The molecule has 12 unspecified atom stereocenters. The molecule has 13 nitrogen and oxygen atoms in total. The predicted octanol–water partition coefficient (Wildman–Crippen LogP) is 19.1. The van der Waals surface area contributed by atoms with Crippen molar-refractivity contribution in [1.82, 2.24) is 0 Å². The zero-order valence-electron chi connectivity index (χ0n) is 57.0. The zero-order chi connectivity index (χ0) is 63.2. The predicted molar refractivity (Wildman–Crippen MR) is 375 cm³/mol. The second kappa shape index (κ2) is 51.6. The Hall–Kier alpha value is 1.36. The Kier molecular flexibility index (Phi) is 49.0. The highest BCUT2D eigenvalue weighted by Gasteiger charge is 2.66. The van der Waals surface area contributed by atoms with Gasteiger partial charge >= 0.3 is 53.8 Å². The van der Waals surface area contributed by atoms with Crippen LogP contribution in [-0.2, 0) is 38.3 Å². The molecule has 21 heteroatoms. The van der Waals surface area contributed by atoms with E-state index in [9.17, 15) is 19.8 Å². The van der Waals surface area contributed by atoms with Crippen LogP contribution in [0.5, 0.6) is 0 Å². The van der Waals surface area contributed by atoms with Crippen molar-refractivity contribution < 1.29 is 58.1 Å². The summed E-state index contributed by atoms with van der Waals surface area (Å²) in [6.07, 6.45) is 46.7. The molecule has 3 heterocycles. The second-order valence-corrected chi connectivity index (χ2v) is 43.4. The van der Waals surface area contributed by atoms with Crippen molar-refractivity contribution in [1.29, 1.82) is 0 Å². The molecule has 518 valence electrons. The van der Waals surface area contributed by atoms with Gasteiger partial charge in [0.25, 0.3) is 0 Å². The number of rotatable bonds is 57. The standard InChI is InChI=1S/C66H138Cl2O13Si6/c1-7-11-15-19-23-25-27-29-31-33-35-37-39-41-43-47-55-82(71)77-85(59-51-53-67)74-64(61(5)69)66-63(70)65-62(6)73-84(72,57-49-45-21-17-13-9-3)80-86(75-65,60-52-54-68)78-83(79-87(76-66,81-85)58-50-46-22-18-14-10-4)56-48-44-42-40-38-36-34-32-30-28-26-24-20-16-12-8-2/h61-66,69-72,82-83H,7-60H2,1-6H3. The minimum Gasteiger partial charge on any atom is -0.413 e. The molecule has 0 amide bonds. The highest BCUT2D eigenvalue weighted by molar-refractivity contribution is 6.83. The van der Waals surface area contributed by atoms with E-state index in [4.69, 9.17) is 61.5 Å². The maximum atomic E-state index is 13.2. The molecule has 0 saturated carbocycles. The van der Waals surface area contributed by atoms with Crippen molar-refractivity contribution in [2.45, 2.75) is 410 Å². The van der Waals surface area contributed by atoms with Crippen LogP contribution in [0.25, 0.3) is 0 Å². The van der Waals surface area contributed by atoms with Gasteiger partial charge in [0, 0.05) is 35.9 Å². The fraction of sp³-hybridized carbons (Fsp3) is 1.00. The fourth-order valence-electron chi connectivity index (χ4n) is 13.1. The third-order valence-corrected chi connectivity index (χ3v) is 39.7. The quantitative estimate of drug-likeness (QED) is 0.0259. The molecule has 3 saturated heterocycles. The maximum Gasteiger partial charge on any atom is 0.491 e. The molecule has 3 aliphatic heterocycles. The van der Waals surface area contributed by atoms with Crippen molar-refractivity contribution in [2.24, 2.45) is 0 Å². The second-order valence-electron chi connectivity index (χ2n) is 26.8. The van der Waals surface area contributed by atoms with Crippen LogP contribution in [0.15, 0.2) is 0 Å². The highest BCUT2D eigenvalue weighted by Crippen LogP contribution is 2.43. The molecular formula is C66H138Cl2O13Si6. The number of aliphatic hydroxyl groups excluding tert-OH is 2. The van der Waals surface area contributed by atoms with Gasteiger partial charge in [0.2, 0.25) is 0 Å². The average Bonchev–Trinajstić information content (AvgIpc) is 1.67. The van der Waals surface area contributed by atoms with Crippen LogP contribution in [0, 0.1) is 0 Å². The monoisotopic (exact) mass is 1380 g/mol. The summed E-state index contributed by atoms with van der Waals surface area (Å²) in [5.74, 6) is 0.627. The Morgan fingerprint density at radius 3 is 1.23 bits per heavy atom. The molecule has 0 aromatic rings. The Balaban J connectivity index is 1.96. The molecule has 0 aromatic carbocycles. The lowest BCUT2D eigenvalue weighted by atomic mass is 9.97. The summed E-state index contributed by atoms with van der Waals surface area (Å²) in [6.45, 7) is 12.5. The van der Waals surface area contributed by atoms with E-state index in [1.807, 2.05) is 6.92 Å².